The van der Waals surface area contributed by atoms with Gasteiger partial charge in [0.15, 0.2) is 0 Å². The molecular weight excluding hydrogens is 430 g/mol. The molecule has 0 bridgehead atoms. The van der Waals surface area contributed by atoms with Crippen molar-refractivity contribution in [2.24, 2.45) is 4.40 Å². The summed E-state index contributed by atoms with van der Waals surface area (Å²) in [5, 5.41) is 7.19. The highest BCUT2D eigenvalue weighted by atomic mass is 32.2. The molecule has 2 aromatic carbocycles. The molecule has 1 aliphatic rings. The van der Waals surface area contributed by atoms with Gasteiger partial charge in [0.05, 0.1) is 24.2 Å². The Labute approximate surface area is 185 Å². The molecule has 0 unspecified atom stereocenters. The van der Waals surface area contributed by atoms with Crippen molar-refractivity contribution < 1.29 is 17.9 Å². The van der Waals surface area contributed by atoms with Gasteiger partial charge in [-0.3, -0.25) is 4.79 Å². The summed E-state index contributed by atoms with van der Waals surface area (Å²) in [5.41, 5.74) is 2.09. The third-order valence-electron chi connectivity index (χ3n) is 4.86. The molecule has 1 amide bonds. The van der Waals surface area contributed by atoms with Crippen LogP contribution in [0.5, 0.6) is 5.75 Å². The first-order valence-electron chi connectivity index (χ1n) is 9.67. The van der Waals surface area contributed by atoms with Gasteiger partial charge in [0.25, 0.3) is 5.91 Å². The van der Waals surface area contributed by atoms with Crippen molar-refractivity contribution in [2.45, 2.75) is 6.92 Å². The number of carbonyl (C=O) groups excluding carboxylic acids is 1. The van der Waals surface area contributed by atoms with E-state index < -0.39 is 16.1 Å². The number of ether oxygens (including phenoxy) is 1. The minimum Gasteiger partial charge on any atom is -0.497 e. The van der Waals surface area contributed by atoms with E-state index in [9.17, 15) is 13.2 Å². The molecule has 0 saturated heterocycles. The Morgan fingerprint density at radius 2 is 1.75 bits per heavy atom. The van der Waals surface area contributed by atoms with Crippen LogP contribution in [0.25, 0.3) is 5.69 Å². The average molecular weight is 452 g/mol. The molecule has 1 aromatic heterocycles. The summed E-state index contributed by atoms with van der Waals surface area (Å²) >= 11 is 0. The predicted octanol–water partition coefficient (Wildman–Crippen LogP) is 2.69. The quantitative estimate of drug-likeness (QED) is 0.642. The molecule has 1 N–H and O–H groups in total. The van der Waals surface area contributed by atoms with Crippen molar-refractivity contribution in [3.63, 3.8) is 0 Å². The highest BCUT2D eigenvalue weighted by Gasteiger charge is 2.30. The van der Waals surface area contributed by atoms with Crippen molar-refractivity contribution in [1.82, 2.24) is 14.1 Å². The summed E-state index contributed by atoms with van der Waals surface area (Å²) in [6.07, 6.45) is 1.44. The number of anilines is 1. The van der Waals surface area contributed by atoms with Crippen molar-refractivity contribution >= 4 is 27.6 Å². The molecule has 164 valence electrons. The largest absolute Gasteiger partial charge is 0.497 e. The van der Waals surface area contributed by atoms with Crippen LogP contribution >= 0.6 is 0 Å². The Kier molecular flexibility index (Phi) is 5.54. The van der Waals surface area contributed by atoms with E-state index in [1.165, 1.54) is 20.2 Å². The number of hydrogen-bond acceptors (Lipinski definition) is 5. The molecule has 0 saturated carbocycles. The lowest BCUT2D eigenvalue weighted by Crippen LogP contribution is -2.36. The van der Waals surface area contributed by atoms with Crippen molar-refractivity contribution in [1.29, 1.82) is 0 Å². The normalized spacial score (nSPS) is 15.0. The van der Waals surface area contributed by atoms with Crippen LogP contribution < -0.4 is 10.1 Å². The standard InChI is InChI=1S/C22H21N5O4S/c1-15-13-21(27(24-15)17-7-5-4-6-8-17)23-22(28)20-14-19(25-32(29,30)26(20)2)16-9-11-18(31-3)12-10-16/h4-14H,1-3H3,(H,23,28). The van der Waals surface area contributed by atoms with Gasteiger partial charge in [0, 0.05) is 18.7 Å². The van der Waals surface area contributed by atoms with E-state index in [4.69, 9.17) is 4.74 Å². The molecule has 0 spiro atoms. The van der Waals surface area contributed by atoms with Gasteiger partial charge in [0.2, 0.25) is 0 Å². The second kappa shape index (κ2) is 8.31. The summed E-state index contributed by atoms with van der Waals surface area (Å²) in [6, 6.07) is 17.8. The first-order chi connectivity index (χ1) is 15.3. The SMILES string of the molecule is COc1ccc(C2=NS(=O)(=O)N(C)C(C(=O)Nc3cc(C)nn3-c3ccccc3)=C2)cc1. The Hall–Kier alpha value is -3.92. The minimum absolute atomic E-state index is 0.0655. The summed E-state index contributed by atoms with van der Waals surface area (Å²) in [7, 11) is -1.25. The van der Waals surface area contributed by atoms with Crippen molar-refractivity contribution in [3.8, 4) is 11.4 Å². The molecule has 3 aromatic rings. The van der Waals surface area contributed by atoms with Crippen LogP contribution in [0.15, 0.2) is 76.8 Å². The maximum Gasteiger partial charge on any atom is 0.345 e. The highest BCUT2D eigenvalue weighted by molar-refractivity contribution is 7.88. The lowest BCUT2D eigenvalue weighted by Gasteiger charge is -2.23. The topological polar surface area (TPSA) is 106 Å². The van der Waals surface area contributed by atoms with Gasteiger partial charge < -0.3 is 10.1 Å². The number of aromatic nitrogens is 2. The summed E-state index contributed by atoms with van der Waals surface area (Å²) in [6.45, 7) is 1.81. The number of benzene rings is 2. The monoisotopic (exact) mass is 451 g/mol. The van der Waals surface area contributed by atoms with Crippen molar-refractivity contribution in [2.75, 3.05) is 19.5 Å². The van der Waals surface area contributed by atoms with E-state index in [0.29, 0.717) is 22.8 Å². The zero-order valence-electron chi connectivity index (χ0n) is 17.7. The molecule has 9 nitrogen and oxygen atoms in total. The van der Waals surface area contributed by atoms with Crippen LogP contribution in [-0.4, -0.2) is 48.3 Å². The smallest absolute Gasteiger partial charge is 0.345 e. The number of likely N-dealkylation sites (N-methyl/N-ethyl adjacent to an activating group) is 1. The summed E-state index contributed by atoms with van der Waals surface area (Å²) < 4.78 is 36.7. The van der Waals surface area contributed by atoms with E-state index in [2.05, 4.69) is 14.8 Å². The lowest BCUT2D eigenvalue weighted by molar-refractivity contribution is -0.113. The van der Waals surface area contributed by atoms with Gasteiger partial charge in [-0.1, -0.05) is 18.2 Å². The molecule has 32 heavy (non-hydrogen) atoms. The van der Waals surface area contributed by atoms with E-state index in [1.807, 2.05) is 30.3 Å². The zero-order valence-corrected chi connectivity index (χ0v) is 18.5. The Bertz CT molecular complexity index is 1330. The minimum atomic E-state index is -4.08. The average Bonchev–Trinajstić information content (AvgIpc) is 3.16. The number of para-hydroxylation sites is 1. The molecule has 1 aliphatic heterocycles. The Balaban J connectivity index is 1.68. The zero-order chi connectivity index (χ0) is 22.9. The van der Waals surface area contributed by atoms with Gasteiger partial charge >= 0.3 is 10.2 Å². The molecule has 4 rings (SSSR count). The molecular formula is C22H21N5O4S. The molecule has 0 radical (unpaired) electrons. The summed E-state index contributed by atoms with van der Waals surface area (Å²) in [5.74, 6) is 0.435. The van der Waals surface area contributed by atoms with Gasteiger partial charge in [-0.15, -0.1) is 4.40 Å². The number of aryl methyl sites for hydroxylation is 1. The fourth-order valence-electron chi connectivity index (χ4n) is 3.20. The maximum atomic E-state index is 13.1. The fourth-order valence-corrected chi connectivity index (χ4v) is 4.11. The third kappa shape index (κ3) is 4.12. The third-order valence-corrected chi connectivity index (χ3v) is 6.18. The number of methoxy groups -OCH3 is 1. The molecule has 10 heteroatoms. The Morgan fingerprint density at radius 1 is 1.06 bits per heavy atom. The van der Waals surface area contributed by atoms with E-state index in [-0.39, 0.29) is 11.4 Å². The number of nitrogens with one attached hydrogen (secondary N) is 1. The van der Waals surface area contributed by atoms with E-state index >= 15 is 0 Å². The first kappa shape index (κ1) is 21.3. The number of rotatable bonds is 5. The number of amides is 1. The molecule has 0 aliphatic carbocycles. The highest BCUT2D eigenvalue weighted by Crippen LogP contribution is 2.23. The molecule has 0 atom stereocenters. The fraction of sp³-hybridized carbons (Fsp3) is 0.136. The van der Waals surface area contributed by atoms with Crippen molar-refractivity contribution in [3.05, 3.63) is 83.7 Å². The van der Waals surface area contributed by atoms with E-state index in [1.54, 1.807) is 41.9 Å². The maximum absolute atomic E-state index is 13.1. The van der Waals surface area contributed by atoms with Crippen LogP contribution in [0, 0.1) is 6.92 Å². The molecule has 2 heterocycles. The van der Waals surface area contributed by atoms with Crippen LogP contribution in [0.1, 0.15) is 11.3 Å². The predicted molar refractivity (Wildman–Crippen MR) is 121 cm³/mol. The first-order valence-corrected chi connectivity index (χ1v) is 11.1. The Morgan fingerprint density at radius 3 is 2.41 bits per heavy atom. The van der Waals surface area contributed by atoms with Crippen LogP contribution in [0.4, 0.5) is 5.82 Å². The van der Waals surface area contributed by atoms with Gasteiger partial charge in [-0.25, -0.2) is 8.99 Å². The van der Waals surface area contributed by atoms with Crippen LogP contribution in [0.3, 0.4) is 0 Å². The van der Waals surface area contributed by atoms with Gasteiger partial charge in [-0.05, 0) is 49.4 Å². The van der Waals surface area contributed by atoms with Gasteiger partial charge in [0.1, 0.15) is 17.3 Å². The van der Waals surface area contributed by atoms with Gasteiger partial charge in [-0.2, -0.15) is 13.5 Å². The lowest BCUT2D eigenvalue weighted by atomic mass is 10.1. The van der Waals surface area contributed by atoms with Crippen LogP contribution in [-0.2, 0) is 15.0 Å². The van der Waals surface area contributed by atoms with Crippen LogP contribution in [0.2, 0.25) is 0 Å². The second-order valence-corrected chi connectivity index (χ2v) is 8.68. The number of carbonyl (C=O) groups is 1. The number of nitrogens with zero attached hydrogens (tertiary/aromatic N) is 4. The number of allylic oxidation sites excluding steroid dienone is 1. The van der Waals surface area contributed by atoms with E-state index in [0.717, 1.165) is 9.99 Å². The number of hydrogen-bond donors (Lipinski definition) is 1. The molecule has 0 fully saturated rings. The second-order valence-electron chi connectivity index (χ2n) is 7.05. The summed E-state index contributed by atoms with van der Waals surface area (Å²) in [4.78, 5) is 13.1.